The fourth-order valence-corrected chi connectivity index (χ4v) is 5.37. The topological polar surface area (TPSA) is 3.88 Å². The lowest BCUT2D eigenvalue weighted by Gasteiger charge is -2.17. The van der Waals surface area contributed by atoms with Crippen molar-refractivity contribution in [3.8, 4) is 0 Å². The highest BCUT2D eigenvalue weighted by atomic mass is 15.0. The fourth-order valence-electron chi connectivity index (χ4n) is 5.37. The lowest BCUT2D eigenvalue weighted by molar-refractivity contribution is -0.703. The Morgan fingerprint density at radius 2 is 1.40 bits per heavy atom. The van der Waals surface area contributed by atoms with Crippen molar-refractivity contribution in [2.45, 2.75) is 65.8 Å². The van der Waals surface area contributed by atoms with Gasteiger partial charge in [-0.1, -0.05) is 76.1 Å². The van der Waals surface area contributed by atoms with Crippen LogP contribution in [0.2, 0.25) is 0 Å². The molecule has 0 aliphatic heterocycles. The minimum Gasteiger partial charge on any atom is -0.202 e. The number of hydrogen-bond acceptors (Lipinski definition) is 0. The summed E-state index contributed by atoms with van der Waals surface area (Å²) in [7, 11) is 0. The van der Waals surface area contributed by atoms with E-state index in [9.17, 15) is 0 Å². The Bertz CT molecular complexity index is 1330. The van der Waals surface area contributed by atoms with E-state index in [0.29, 0.717) is 0 Å². The van der Waals surface area contributed by atoms with E-state index in [1.807, 2.05) is 0 Å². The zero-order valence-corrected chi connectivity index (χ0v) is 18.6. The predicted octanol–water partition coefficient (Wildman–Crippen LogP) is 7.73. The summed E-state index contributed by atoms with van der Waals surface area (Å²) in [4.78, 5) is 0. The molecular weight excluding hydrogens is 362 g/mol. The molecule has 0 aliphatic rings. The zero-order chi connectivity index (χ0) is 20.7. The van der Waals surface area contributed by atoms with Gasteiger partial charge in [0, 0.05) is 18.4 Å². The third kappa shape index (κ3) is 2.95. The van der Waals surface area contributed by atoms with Gasteiger partial charge in [0.25, 0.3) is 0 Å². The maximum absolute atomic E-state index is 2.59. The molecule has 1 nitrogen and oxygen atoms in total. The van der Waals surface area contributed by atoms with Gasteiger partial charge in [0.15, 0.2) is 11.9 Å². The lowest BCUT2D eigenvalue weighted by atomic mass is 9.89. The van der Waals surface area contributed by atoms with Crippen molar-refractivity contribution in [1.82, 2.24) is 0 Å². The molecule has 0 spiro atoms. The molecule has 0 saturated heterocycles. The largest absolute Gasteiger partial charge is 0.202 e. The van der Waals surface area contributed by atoms with E-state index in [1.54, 1.807) is 11.3 Å². The molecule has 0 aliphatic carbocycles. The summed E-state index contributed by atoms with van der Waals surface area (Å²) in [6.45, 7) is 8.04. The zero-order valence-electron chi connectivity index (χ0n) is 18.6. The van der Waals surface area contributed by atoms with Gasteiger partial charge in [-0.25, -0.2) is 4.57 Å². The number of pyridine rings is 1. The first-order valence-corrected chi connectivity index (χ1v) is 11.8. The second-order valence-corrected chi connectivity index (χ2v) is 8.80. The van der Waals surface area contributed by atoms with E-state index in [0.717, 1.165) is 13.0 Å². The Balaban J connectivity index is 1.94. The molecule has 0 fully saturated rings. The first-order valence-electron chi connectivity index (χ1n) is 11.8. The molecule has 0 unspecified atom stereocenters. The number of aryl methyl sites for hydroxylation is 2. The number of unbranched alkanes of at least 4 members (excludes halogenated alkanes) is 1. The van der Waals surface area contributed by atoms with Gasteiger partial charge in [0.2, 0.25) is 0 Å². The highest BCUT2D eigenvalue weighted by molar-refractivity contribution is 6.28. The molecule has 152 valence electrons. The number of nitrogens with zero attached hydrogens (tertiary/aromatic N) is 1. The molecular formula is C29H32N+. The standard InChI is InChI=1S/C29H32N/c1-4-7-17-30-19-26-24-16-15-21-12-8-11-20-13-14-22(29(24)28(20)21)18-25(26)23(9-5-2)27(30)10-6-3/h8,11-16,18-19H,4-7,9-10,17H2,1-3H3/q+1. The highest BCUT2D eigenvalue weighted by Gasteiger charge is 2.22. The Kier molecular flexibility index (Phi) is 5.06. The van der Waals surface area contributed by atoms with E-state index >= 15 is 0 Å². The van der Waals surface area contributed by atoms with Crippen LogP contribution in [0.4, 0.5) is 0 Å². The van der Waals surface area contributed by atoms with Crippen molar-refractivity contribution < 1.29 is 4.57 Å². The van der Waals surface area contributed by atoms with E-state index < -0.39 is 0 Å². The lowest BCUT2D eigenvalue weighted by Crippen LogP contribution is -2.39. The summed E-state index contributed by atoms with van der Waals surface area (Å²) in [5.41, 5.74) is 3.14. The molecule has 4 aromatic carbocycles. The van der Waals surface area contributed by atoms with Gasteiger partial charge in [-0.2, -0.15) is 0 Å². The summed E-state index contributed by atoms with van der Waals surface area (Å²) in [6.07, 6.45) is 9.66. The molecule has 0 amide bonds. The fraction of sp³-hybridized carbons (Fsp3) is 0.345. The smallest absolute Gasteiger partial charge is 0.185 e. The van der Waals surface area contributed by atoms with Gasteiger partial charge >= 0.3 is 0 Å². The Labute approximate surface area is 179 Å². The summed E-state index contributed by atoms with van der Waals surface area (Å²) < 4.78 is 2.59. The molecule has 1 heterocycles. The predicted molar refractivity (Wildman–Crippen MR) is 131 cm³/mol. The Morgan fingerprint density at radius 1 is 0.667 bits per heavy atom. The third-order valence-electron chi connectivity index (χ3n) is 6.73. The number of benzene rings is 4. The van der Waals surface area contributed by atoms with Crippen LogP contribution in [0.15, 0.2) is 54.7 Å². The van der Waals surface area contributed by atoms with E-state index in [-0.39, 0.29) is 0 Å². The first kappa shape index (κ1) is 19.3. The Hall–Kier alpha value is -2.67. The molecule has 5 rings (SSSR count). The van der Waals surface area contributed by atoms with Crippen LogP contribution in [-0.2, 0) is 19.4 Å². The number of fused-ring (bicyclic) bond motifs is 2. The van der Waals surface area contributed by atoms with Crippen LogP contribution in [-0.4, -0.2) is 0 Å². The monoisotopic (exact) mass is 394 g/mol. The highest BCUT2D eigenvalue weighted by Crippen LogP contribution is 2.39. The minimum atomic E-state index is 1.13. The van der Waals surface area contributed by atoms with E-state index in [2.05, 4.69) is 80.1 Å². The summed E-state index contributed by atoms with van der Waals surface area (Å²) >= 11 is 0. The van der Waals surface area contributed by atoms with Crippen molar-refractivity contribution in [3.63, 3.8) is 0 Å². The number of aromatic nitrogens is 1. The van der Waals surface area contributed by atoms with Gasteiger partial charge in [0.1, 0.15) is 6.54 Å². The first-order chi connectivity index (χ1) is 14.8. The molecule has 30 heavy (non-hydrogen) atoms. The molecule has 0 saturated carbocycles. The number of hydrogen-bond donors (Lipinski definition) is 0. The quantitative estimate of drug-likeness (QED) is 0.151. The molecule has 0 atom stereocenters. The third-order valence-corrected chi connectivity index (χ3v) is 6.73. The van der Waals surface area contributed by atoms with Gasteiger partial charge in [-0.05, 0) is 56.6 Å². The average molecular weight is 395 g/mol. The number of rotatable bonds is 7. The molecule has 1 heteroatoms. The second-order valence-electron chi connectivity index (χ2n) is 8.80. The van der Waals surface area contributed by atoms with Crippen LogP contribution >= 0.6 is 0 Å². The van der Waals surface area contributed by atoms with Crippen LogP contribution in [0, 0.1) is 0 Å². The molecule has 0 radical (unpaired) electrons. The van der Waals surface area contributed by atoms with Crippen molar-refractivity contribution >= 4 is 43.1 Å². The van der Waals surface area contributed by atoms with Gasteiger partial charge in [-0.3, -0.25) is 0 Å². The van der Waals surface area contributed by atoms with Crippen LogP contribution in [0.25, 0.3) is 43.1 Å². The summed E-state index contributed by atoms with van der Waals surface area (Å²) in [5, 5.41) is 11.2. The van der Waals surface area contributed by atoms with Crippen LogP contribution in [0.5, 0.6) is 0 Å². The van der Waals surface area contributed by atoms with Crippen molar-refractivity contribution in [2.24, 2.45) is 0 Å². The van der Waals surface area contributed by atoms with Gasteiger partial charge < -0.3 is 0 Å². The van der Waals surface area contributed by atoms with Crippen molar-refractivity contribution in [3.05, 3.63) is 66.0 Å². The van der Waals surface area contributed by atoms with Crippen molar-refractivity contribution in [1.29, 1.82) is 0 Å². The maximum atomic E-state index is 2.59. The summed E-state index contributed by atoms with van der Waals surface area (Å²) in [5.74, 6) is 0. The SMILES string of the molecule is CCCC[n+]1cc2c(cc3ccc4cccc5ccc2c3c45)c(CCC)c1CCC. The second kappa shape index (κ2) is 7.87. The average Bonchev–Trinajstić information content (AvgIpc) is 2.77. The van der Waals surface area contributed by atoms with Crippen LogP contribution < -0.4 is 4.57 Å². The molecule has 1 aromatic heterocycles. The molecule has 0 bridgehead atoms. The maximum Gasteiger partial charge on any atom is 0.185 e. The minimum absolute atomic E-state index is 1.13. The van der Waals surface area contributed by atoms with Crippen molar-refractivity contribution in [2.75, 3.05) is 0 Å². The Morgan fingerprint density at radius 3 is 2.13 bits per heavy atom. The van der Waals surface area contributed by atoms with Gasteiger partial charge in [0.05, 0.1) is 5.39 Å². The molecule has 0 N–H and O–H groups in total. The summed E-state index contributed by atoms with van der Waals surface area (Å²) in [6, 6.07) is 18.5. The molecule has 5 aromatic rings. The van der Waals surface area contributed by atoms with E-state index in [4.69, 9.17) is 0 Å². The van der Waals surface area contributed by atoms with E-state index in [1.165, 1.54) is 75.2 Å². The van der Waals surface area contributed by atoms with Gasteiger partial charge in [-0.15, -0.1) is 0 Å². The normalized spacial score (nSPS) is 12.1. The van der Waals surface area contributed by atoms with Crippen LogP contribution in [0.3, 0.4) is 0 Å². The van der Waals surface area contributed by atoms with Crippen LogP contribution in [0.1, 0.15) is 57.7 Å².